The number of halogens is 1. The van der Waals surface area contributed by atoms with Crippen molar-refractivity contribution in [1.82, 2.24) is 19.7 Å². The van der Waals surface area contributed by atoms with Gasteiger partial charge in [-0.1, -0.05) is 17.7 Å². The van der Waals surface area contributed by atoms with E-state index >= 15 is 0 Å². The van der Waals surface area contributed by atoms with Crippen molar-refractivity contribution in [3.05, 3.63) is 65.3 Å². The maximum absolute atomic E-state index is 11.8. The SMILES string of the molecule is C[S@+]([O-])Cc1nnc([C@H]2CC[C@H](Oc3ccccn3)CC2)n1-c1ccc(Cl)cc1. The highest BCUT2D eigenvalue weighted by molar-refractivity contribution is 7.89. The maximum Gasteiger partial charge on any atom is 0.213 e. The molecule has 0 unspecified atom stereocenters. The number of benzene rings is 1. The van der Waals surface area contributed by atoms with Crippen LogP contribution in [-0.2, 0) is 16.9 Å². The fourth-order valence-electron chi connectivity index (χ4n) is 3.77. The molecule has 152 valence electrons. The van der Waals surface area contributed by atoms with Crippen molar-refractivity contribution in [2.24, 2.45) is 0 Å². The first-order chi connectivity index (χ1) is 14.1. The van der Waals surface area contributed by atoms with Gasteiger partial charge in [-0.15, -0.1) is 10.2 Å². The van der Waals surface area contributed by atoms with E-state index in [9.17, 15) is 4.55 Å². The molecule has 1 fully saturated rings. The fourth-order valence-corrected chi connectivity index (χ4v) is 4.44. The normalized spacial score (nSPS) is 20.4. The molecule has 2 aromatic heterocycles. The number of aromatic nitrogens is 4. The van der Waals surface area contributed by atoms with Gasteiger partial charge < -0.3 is 9.29 Å². The molecular weight excluding hydrogens is 408 g/mol. The third-order valence-corrected chi connectivity index (χ3v) is 6.05. The lowest BCUT2D eigenvalue weighted by atomic mass is 9.86. The molecule has 0 spiro atoms. The van der Waals surface area contributed by atoms with Gasteiger partial charge in [0.25, 0.3) is 0 Å². The average Bonchev–Trinajstić information content (AvgIpc) is 3.13. The summed E-state index contributed by atoms with van der Waals surface area (Å²) in [5.41, 5.74) is 0.946. The second-order valence-corrected chi connectivity index (χ2v) is 9.13. The molecule has 29 heavy (non-hydrogen) atoms. The van der Waals surface area contributed by atoms with Crippen molar-refractivity contribution in [2.75, 3.05) is 6.26 Å². The molecule has 0 radical (unpaired) electrons. The first-order valence-corrected chi connectivity index (χ1v) is 11.8. The summed E-state index contributed by atoms with van der Waals surface area (Å²) in [7, 11) is 0. The van der Waals surface area contributed by atoms with Crippen LogP contribution in [0.25, 0.3) is 5.69 Å². The molecular formula is C21H23ClN4O2S. The summed E-state index contributed by atoms with van der Waals surface area (Å²) in [4.78, 5) is 4.25. The van der Waals surface area contributed by atoms with Crippen LogP contribution >= 0.6 is 11.6 Å². The van der Waals surface area contributed by atoms with E-state index in [2.05, 4.69) is 15.2 Å². The minimum absolute atomic E-state index is 0.163. The maximum atomic E-state index is 11.8. The minimum atomic E-state index is -1.00. The van der Waals surface area contributed by atoms with Crippen molar-refractivity contribution in [2.45, 2.75) is 43.5 Å². The first-order valence-electron chi connectivity index (χ1n) is 9.68. The molecule has 4 rings (SSSR count). The predicted octanol–water partition coefficient (Wildman–Crippen LogP) is 4.30. The lowest BCUT2D eigenvalue weighted by Crippen LogP contribution is -2.25. The topological polar surface area (TPSA) is 75.9 Å². The summed E-state index contributed by atoms with van der Waals surface area (Å²) in [5, 5.41) is 9.53. The third kappa shape index (κ3) is 4.91. The highest BCUT2D eigenvalue weighted by Gasteiger charge is 2.29. The fraction of sp³-hybridized carbons (Fsp3) is 0.381. The van der Waals surface area contributed by atoms with Crippen molar-refractivity contribution < 1.29 is 9.29 Å². The summed E-state index contributed by atoms with van der Waals surface area (Å²) in [6.45, 7) is 0. The highest BCUT2D eigenvalue weighted by atomic mass is 35.5. The molecule has 1 aliphatic carbocycles. The van der Waals surface area contributed by atoms with Crippen LogP contribution in [0.3, 0.4) is 0 Å². The van der Waals surface area contributed by atoms with Crippen LogP contribution in [0.2, 0.25) is 5.02 Å². The van der Waals surface area contributed by atoms with E-state index in [1.165, 1.54) is 0 Å². The monoisotopic (exact) mass is 430 g/mol. The molecule has 0 saturated heterocycles. The average molecular weight is 431 g/mol. The van der Waals surface area contributed by atoms with Crippen LogP contribution in [-0.4, -0.2) is 36.7 Å². The molecule has 1 saturated carbocycles. The van der Waals surface area contributed by atoms with Crippen LogP contribution in [0.5, 0.6) is 5.88 Å². The third-order valence-electron chi connectivity index (χ3n) is 5.14. The van der Waals surface area contributed by atoms with E-state index in [0.29, 0.717) is 16.7 Å². The van der Waals surface area contributed by atoms with Gasteiger partial charge >= 0.3 is 0 Å². The molecule has 2 heterocycles. The first kappa shape index (κ1) is 20.2. The van der Waals surface area contributed by atoms with Gasteiger partial charge in [-0.05, 0) is 67.2 Å². The van der Waals surface area contributed by atoms with E-state index in [1.54, 1.807) is 12.5 Å². The Morgan fingerprint density at radius 1 is 1.10 bits per heavy atom. The Balaban J connectivity index is 1.52. The highest BCUT2D eigenvalue weighted by Crippen LogP contribution is 2.35. The molecule has 0 N–H and O–H groups in total. The number of hydrogen-bond donors (Lipinski definition) is 0. The number of nitrogens with zero attached hydrogens (tertiary/aromatic N) is 4. The molecule has 6 nitrogen and oxygen atoms in total. The Bertz CT molecular complexity index is 926. The predicted molar refractivity (Wildman–Crippen MR) is 114 cm³/mol. The van der Waals surface area contributed by atoms with E-state index in [4.69, 9.17) is 16.3 Å². The van der Waals surface area contributed by atoms with Gasteiger partial charge in [-0.3, -0.25) is 4.57 Å². The van der Waals surface area contributed by atoms with Crippen molar-refractivity contribution >= 4 is 22.8 Å². The van der Waals surface area contributed by atoms with Crippen LogP contribution in [0.4, 0.5) is 0 Å². The molecule has 1 aliphatic rings. The number of rotatable bonds is 6. The molecule has 1 atom stereocenters. The van der Waals surface area contributed by atoms with Gasteiger partial charge in [0.15, 0.2) is 11.6 Å². The summed E-state index contributed by atoms with van der Waals surface area (Å²) < 4.78 is 19.9. The zero-order chi connectivity index (χ0) is 20.2. The Kier molecular flexibility index (Phi) is 6.37. The van der Waals surface area contributed by atoms with E-state index in [0.717, 1.165) is 43.0 Å². The Morgan fingerprint density at radius 3 is 2.52 bits per heavy atom. The number of hydrogen-bond acceptors (Lipinski definition) is 5. The summed E-state index contributed by atoms with van der Waals surface area (Å²) in [6, 6.07) is 13.3. The molecule has 1 aromatic carbocycles. The van der Waals surface area contributed by atoms with Gasteiger partial charge in [0.2, 0.25) is 5.88 Å². The van der Waals surface area contributed by atoms with Crippen LogP contribution in [0.1, 0.15) is 43.3 Å². The van der Waals surface area contributed by atoms with Gasteiger partial charge in [-0.25, -0.2) is 4.98 Å². The zero-order valence-electron chi connectivity index (χ0n) is 16.2. The van der Waals surface area contributed by atoms with Gasteiger partial charge in [0.05, 0.1) is 6.26 Å². The van der Waals surface area contributed by atoms with E-state index in [1.807, 2.05) is 47.0 Å². The molecule has 0 bridgehead atoms. The largest absolute Gasteiger partial charge is 0.616 e. The second kappa shape index (κ2) is 9.15. The number of ether oxygens (including phenoxy) is 1. The summed E-state index contributed by atoms with van der Waals surface area (Å²) >= 11 is 5.06. The van der Waals surface area contributed by atoms with Crippen LogP contribution in [0, 0.1) is 0 Å². The van der Waals surface area contributed by atoms with Crippen molar-refractivity contribution in [3.8, 4) is 11.6 Å². The summed E-state index contributed by atoms with van der Waals surface area (Å²) in [5.74, 6) is 2.96. The summed E-state index contributed by atoms with van der Waals surface area (Å²) in [6.07, 6.45) is 7.37. The minimum Gasteiger partial charge on any atom is -0.616 e. The number of pyridine rings is 1. The second-order valence-electron chi connectivity index (χ2n) is 7.26. The molecule has 3 aromatic rings. The van der Waals surface area contributed by atoms with Crippen molar-refractivity contribution in [3.63, 3.8) is 0 Å². The van der Waals surface area contributed by atoms with Gasteiger partial charge in [0, 0.05) is 28.9 Å². The molecule has 0 amide bonds. The van der Waals surface area contributed by atoms with Crippen LogP contribution in [0.15, 0.2) is 48.7 Å². The Labute approximate surface area is 178 Å². The van der Waals surface area contributed by atoms with Gasteiger partial charge in [0.1, 0.15) is 11.9 Å². The lowest BCUT2D eigenvalue weighted by molar-refractivity contribution is 0.139. The van der Waals surface area contributed by atoms with E-state index < -0.39 is 11.2 Å². The van der Waals surface area contributed by atoms with Crippen molar-refractivity contribution in [1.29, 1.82) is 0 Å². The van der Waals surface area contributed by atoms with Gasteiger partial charge in [-0.2, -0.15) is 0 Å². The smallest absolute Gasteiger partial charge is 0.213 e. The van der Waals surface area contributed by atoms with E-state index in [-0.39, 0.29) is 12.0 Å². The quantitative estimate of drug-likeness (QED) is 0.545. The zero-order valence-corrected chi connectivity index (χ0v) is 17.8. The Morgan fingerprint density at radius 2 is 1.86 bits per heavy atom. The Hall–Kier alpha value is -2.09. The standard InChI is InChI=1S/C21H23ClN4O2S/c1-29(27)14-19-24-25-21(26(19)17-9-7-16(22)8-10-17)15-5-11-18(12-6-15)28-20-4-2-3-13-23-20/h2-4,7-10,13,15,18H,5-6,11-12,14H2,1H3/t15-,18-,29-/m0/s1. The van der Waals surface area contributed by atoms with Crippen LogP contribution < -0.4 is 4.74 Å². The molecule has 0 aliphatic heterocycles. The lowest BCUT2D eigenvalue weighted by Gasteiger charge is -2.28. The molecule has 8 heteroatoms.